The molecule has 1 amide bonds. The van der Waals surface area contributed by atoms with Gasteiger partial charge in [0.15, 0.2) is 5.76 Å². The minimum Gasteiger partial charge on any atom is -0.455 e. The Hall–Kier alpha value is -1.79. The Kier molecular flexibility index (Phi) is 4.01. The van der Waals surface area contributed by atoms with E-state index >= 15 is 0 Å². The fraction of sp³-hybridized carbons (Fsp3) is 0.0833. The fourth-order valence-electron chi connectivity index (χ4n) is 1.36. The predicted octanol–water partition coefficient (Wildman–Crippen LogP) is 2.31. The number of amides is 1. The number of nitrogens with two attached hydrogens (primary N) is 1. The summed E-state index contributed by atoms with van der Waals surface area (Å²) < 4.78 is 18.6. The van der Waals surface area contributed by atoms with Gasteiger partial charge in [0.2, 0.25) is 0 Å². The number of carbonyl (C=O) groups is 1. The summed E-state index contributed by atoms with van der Waals surface area (Å²) in [7, 11) is 0. The molecule has 2 aromatic rings. The fourth-order valence-corrected chi connectivity index (χ4v) is 2.19. The first-order chi connectivity index (χ1) is 8.70. The Morgan fingerprint density at radius 2 is 2.11 bits per heavy atom. The number of hydrazine groups is 1. The SMILES string of the molecule is NNC(=O)c1ccc(CSc2ccccc2F)o1. The van der Waals surface area contributed by atoms with Crippen LogP contribution in [-0.2, 0) is 5.75 Å². The summed E-state index contributed by atoms with van der Waals surface area (Å²) in [6, 6.07) is 9.68. The standard InChI is InChI=1S/C12H11FN2O2S/c13-9-3-1-2-4-11(9)18-7-8-5-6-10(17-8)12(16)15-14/h1-6H,7,14H2,(H,15,16). The molecule has 0 spiro atoms. The van der Waals surface area contributed by atoms with E-state index in [4.69, 9.17) is 10.3 Å². The van der Waals surface area contributed by atoms with Crippen LogP contribution in [0.4, 0.5) is 4.39 Å². The number of halogens is 1. The van der Waals surface area contributed by atoms with Crippen LogP contribution >= 0.6 is 11.8 Å². The van der Waals surface area contributed by atoms with Crippen LogP contribution in [0.2, 0.25) is 0 Å². The lowest BCUT2D eigenvalue weighted by Crippen LogP contribution is -2.29. The normalized spacial score (nSPS) is 10.3. The highest BCUT2D eigenvalue weighted by Crippen LogP contribution is 2.25. The molecule has 1 aromatic carbocycles. The molecule has 0 atom stereocenters. The summed E-state index contributed by atoms with van der Waals surface area (Å²) in [4.78, 5) is 11.7. The minimum absolute atomic E-state index is 0.140. The molecule has 1 heterocycles. The zero-order valence-electron chi connectivity index (χ0n) is 9.35. The van der Waals surface area contributed by atoms with Crippen LogP contribution in [0.3, 0.4) is 0 Å². The van der Waals surface area contributed by atoms with E-state index < -0.39 is 5.91 Å². The maximum absolute atomic E-state index is 13.3. The minimum atomic E-state index is -0.489. The van der Waals surface area contributed by atoms with Crippen LogP contribution in [0.25, 0.3) is 0 Å². The van der Waals surface area contributed by atoms with E-state index in [9.17, 15) is 9.18 Å². The average molecular weight is 266 g/mol. The molecule has 1 aromatic heterocycles. The molecule has 94 valence electrons. The van der Waals surface area contributed by atoms with Crippen LogP contribution in [0, 0.1) is 5.82 Å². The van der Waals surface area contributed by atoms with Crippen LogP contribution < -0.4 is 11.3 Å². The van der Waals surface area contributed by atoms with Gasteiger partial charge in [0.25, 0.3) is 0 Å². The Bertz CT molecular complexity index is 557. The molecule has 0 aliphatic rings. The second-order valence-corrected chi connectivity index (χ2v) is 4.48. The number of thioether (sulfide) groups is 1. The van der Waals surface area contributed by atoms with Crippen LogP contribution in [0.5, 0.6) is 0 Å². The number of nitrogens with one attached hydrogen (secondary N) is 1. The van der Waals surface area contributed by atoms with E-state index in [1.54, 1.807) is 24.3 Å². The van der Waals surface area contributed by atoms with Gasteiger partial charge in [-0.05, 0) is 24.3 Å². The summed E-state index contributed by atoms with van der Waals surface area (Å²) in [6.45, 7) is 0. The number of carbonyl (C=O) groups excluding carboxylic acids is 1. The zero-order chi connectivity index (χ0) is 13.0. The molecule has 0 saturated heterocycles. The number of nitrogen functional groups attached to an aromatic ring is 1. The highest BCUT2D eigenvalue weighted by atomic mass is 32.2. The molecule has 0 aliphatic heterocycles. The second kappa shape index (κ2) is 5.70. The van der Waals surface area contributed by atoms with E-state index in [1.807, 2.05) is 5.43 Å². The summed E-state index contributed by atoms with van der Waals surface area (Å²) in [5, 5.41) is 0. The van der Waals surface area contributed by atoms with Crippen molar-refractivity contribution in [2.45, 2.75) is 10.6 Å². The van der Waals surface area contributed by atoms with Crippen LogP contribution in [0.1, 0.15) is 16.3 Å². The molecule has 0 saturated carbocycles. The molecule has 0 aliphatic carbocycles. The lowest BCUT2D eigenvalue weighted by molar-refractivity contribution is 0.0924. The highest BCUT2D eigenvalue weighted by Gasteiger charge is 2.10. The van der Waals surface area contributed by atoms with Gasteiger partial charge in [-0.25, -0.2) is 10.2 Å². The van der Waals surface area contributed by atoms with Gasteiger partial charge < -0.3 is 4.42 Å². The van der Waals surface area contributed by atoms with Gasteiger partial charge in [-0.15, -0.1) is 11.8 Å². The second-order valence-electron chi connectivity index (χ2n) is 3.46. The first-order valence-corrected chi connectivity index (χ1v) is 6.16. The van der Waals surface area contributed by atoms with Gasteiger partial charge in [-0.1, -0.05) is 12.1 Å². The van der Waals surface area contributed by atoms with E-state index in [0.717, 1.165) is 0 Å². The highest BCUT2D eigenvalue weighted by molar-refractivity contribution is 7.98. The van der Waals surface area contributed by atoms with Crippen molar-refractivity contribution in [3.05, 3.63) is 53.7 Å². The molecule has 0 unspecified atom stereocenters. The molecule has 18 heavy (non-hydrogen) atoms. The third kappa shape index (κ3) is 2.91. The first kappa shape index (κ1) is 12.7. The van der Waals surface area contributed by atoms with Gasteiger partial charge in [-0.3, -0.25) is 10.2 Å². The van der Waals surface area contributed by atoms with Crippen molar-refractivity contribution in [2.24, 2.45) is 5.84 Å². The molecule has 6 heteroatoms. The van der Waals surface area contributed by atoms with Gasteiger partial charge in [0.05, 0.1) is 5.75 Å². The molecule has 2 rings (SSSR count). The van der Waals surface area contributed by atoms with Gasteiger partial charge >= 0.3 is 5.91 Å². The van der Waals surface area contributed by atoms with Crippen molar-refractivity contribution in [1.82, 2.24) is 5.43 Å². The van der Waals surface area contributed by atoms with E-state index in [0.29, 0.717) is 16.4 Å². The number of hydrogen-bond donors (Lipinski definition) is 2. The number of furan rings is 1. The maximum atomic E-state index is 13.3. The lowest BCUT2D eigenvalue weighted by atomic mass is 10.3. The third-order valence-corrected chi connectivity index (χ3v) is 3.29. The van der Waals surface area contributed by atoms with Gasteiger partial charge in [0.1, 0.15) is 11.6 Å². The largest absolute Gasteiger partial charge is 0.455 e. The summed E-state index contributed by atoms with van der Waals surface area (Å²) in [5.74, 6) is 5.39. The summed E-state index contributed by atoms with van der Waals surface area (Å²) >= 11 is 1.30. The van der Waals surface area contributed by atoms with E-state index in [2.05, 4.69) is 0 Å². The number of benzene rings is 1. The van der Waals surface area contributed by atoms with Crippen LogP contribution in [-0.4, -0.2) is 5.91 Å². The predicted molar refractivity (Wildman–Crippen MR) is 66.3 cm³/mol. The van der Waals surface area contributed by atoms with Crippen LogP contribution in [0.15, 0.2) is 45.7 Å². The van der Waals surface area contributed by atoms with Gasteiger partial charge in [0, 0.05) is 4.90 Å². The topological polar surface area (TPSA) is 68.3 Å². The van der Waals surface area contributed by atoms with Crippen molar-refractivity contribution in [3.63, 3.8) is 0 Å². The zero-order valence-corrected chi connectivity index (χ0v) is 10.2. The average Bonchev–Trinajstić information content (AvgIpc) is 2.86. The molecular formula is C12H11FN2O2S. The lowest BCUT2D eigenvalue weighted by Gasteiger charge is -2.00. The van der Waals surface area contributed by atoms with Crippen molar-refractivity contribution < 1.29 is 13.6 Å². The Labute approximate surface area is 107 Å². The molecule has 0 radical (unpaired) electrons. The van der Waals surface area contributed by atoms with Gasteiger partial charge in [-0.2, -0.15) is 0 Å². The first-order valence-electron chi connectivity index (χ1n) is 5.17. The summed E-state index contributed by atoms with van der Waals surface area (Å²) in [6.07, 6.45) is 0. The smallest absolute Gasteiger partial charge is 0.300 e. The molecule has 0 fully saturated rings. The number of rotatable bonds is 4. The van der Waals surface area contributed by atoms with E-state index in [1.165, 1.54) is 23.9 Å². The molecule has 0 bridgehead atoms. The Morgan fingerprint density at radius 3 is 2.83 bits per heavy atom. The Morgan fingerprint density at radius 1 is 1.33 bits per heavy atom. The molecule has 4 nitrogen and oxygen atoms in total. The monoisotopic (exact) mass is 266 g/mol. The number of hydrogen-bond acceptors (Lipinski definition) is 4. The van der Waals surface area contributed by atoms with Crippen molar-refractivity contribution in [2.75, 3.05) is 0 Å². The van der Waals surface area contributed by atoms with E-state index in [-0.39, 0.29) is 11.6 Å². The van der Waals surface area contributed by atoms with Crippen molar-refractivity contribution in [3.8, 4) is 0 Å². The van der Waals surface area contributed by atoms with Crippen molar-refractivity contribution >= 4 is 17.7 Å². The maximum Gasteiger partial charge on any atom is 0.300 e. The molecular weight excluding hydrogens is 255 g/mol. The summed E-state index contributed by atoms with van der Waals surface area (Å²) in [5.41, 5.74) is 1.98. The quantitative estimate of drug-likeness (QED) is 0.385. The van der Waals surface area contributed by atoms with Crippen molar-refractivity contribution in [1.29, 1.82) is 0 Å². The Balaban J connectivity index is 2.01. The molecule has 3 N–H and O–H groups in total. The third-order valence-electron chi connectivity index (χ3n) is 2.22.